The summed E-state index contributed by atoms with van der Waals surface area (Å²) >= 11 is 5.77. The first kappa shape index (κ1) is 16.4. The zero-order chi connectivity index (χ0) is 15.5. The van der Waals surface area contributed by atoms with Gasteiger partial charge in [0.2, 0.25) is 10.0 Å². The van der Waals surface area contributed by atoms with E-state index < -0.39 is 28.0 Å². The fourth-order valence-corrected chi connectivity index (χ4v) is 3.11. The van der Waals surface area contributed by atoms with Crippen LogP contribution >= 0.6 is 11.6 Å². The lowest BCUT2D eigenvalue weighted by Crippen LogP contribution is -2.44. The number of nitrogens with one attached hydrogen (secondary N) is 1. The summed E-state index contributed by atoms with van der Waals surface area (Å²) in [5, 5.41) is 17.7. The van der Waals surface area contributed by atoms with Crippen molar-refractivity contribution in [3.05, 3.63) is 28.8 Å². The summed E-state index contributed by atoms with van der Waals surface area (Å²) in [6.07, 6.45) is 0. The second-order valence-electron chi connectivity index (χ2n) is 4.43. The van der Waals surface area contributed by atoms with E-state index in [0.717, 1.165) is 6.07 Å². The van der Waals surface area contributed by atoms with E-state index in [-0.39, 0.29) is 15.5 Å². The van der Waals surface area contributed by atoms with Gasteiger partial charge in [-0.05, 0) is 24.1 Å². The normalized spacial score (nSPS) is 12.9. The molecule has 0 bridgehead atoms. The number of nitriles is 1. The van der Waals surface area contributed by atoms with Crippen molar-refractivity contribution in [3.8, 4) is 6.07 Å². The van der Waals surface area contributed by atoms with Crippen LogP contribution in [0.1, 0.15) is 19.4 Å². The third kappa shape index (κ3) is 3.70. The zero-order valence-corrected chi connectivity index (χ0v) is 12.4. The third-order valence-electron chi connectivity index (χ3n) is 2.59. The van der Waals surface area contributed by atoms with Crippen molar-refractivity contribution in [1.29, 1.82) is 5.26 Å². The lowest BCUT2D eigenvalue weighted by Gasteiger charge is -2.18. The van der Waals surface area contributed by atoms with E-state index in [1.54, 1.807) is 13.8 Å². The fourth-order valence-electron chi connectivity index (χ4n) is 1.46. The molecule has 20 heavy (non-hydrogen) atoms. The molecule has 0 saturated heterocycles. The molecule has 1 rings (SSSR count). The van der Waals surface area contributed by atoms with Gasteiger partial charge in [0, 0.05) is 0 Å². The van der Waals surface area contributed by atoms with E-state index >= 15 is 0 Å². The van der Waals surface area contributed by atoms with Crippen LogP contribution < -0.4 is 4.72 Å². The van der Waals surface area contributed by atoms with Crippen molar-refractivity contribution in [1.82, 2.24) is 4.72 Å². The van der Waals surface area contributed by atoms with Crippen LogP contribution in [0.4, 0.5) is 0 Å². The molecule has 8 heteroatoms. The number of sulfonamides is 1. The highest BCUT2D eigenvalue weighted by atomic mass is 35.5. The van der Waals surface area contributed by atoms with Gasteiger partial charge in [-0.25, -0.2) is 8.42 Å². The molecule has 0 amide bonds. The highest BCUT2D eigenvalue weighted by Crippen LogP contribution is 2.20. The molecule has 0 spiro atoms. The maximum Gasteiger partial charge on any atom is 0.322 e. The maximum atomic E-state index is 12.1. The maximum absolute atomic E-state index is 12.1. The average molecular weight is 317 g/mol. The molecule has 0 aromatic heterocycles. The molecule has 2 N–H and O–H groups in total. The predicted octanol–water partition coefficient (Wildman–Crippen LogP) is 1.60. The van der Waals surface area contributed by atoms with E-state index in [1.807, 2.05) is 6.07 Å². The Balaban J connectivity index is 3.15. The highest BCUT2D eigenvalue weighted by Gasteiger charge is 2.28. The first-order chi connectivity index (χ1) is 9.19. The summed E-state index contributed by atoms with van der Waals surface area (Å²) in [5.41, 5.74) is 0.143. The largest absolute Gasteiger partial charge is 0.480 e. The number of carboxylic acids is 1. The molecule has 0 saturated carbocycles. The topological polar surface area (TPSA) is 107 Å². The number of carbonyl (C=O) groups is 1. The Kier molecular flexibility index (Phi) is 5.11. The summed E-state index contributed by atoms with van der Waals surface area (Å²) in [4.78, 5) is 10.8. The van der Waals surface area contributed by atoms with Crippen LogP contribution in [0, 0.1) is 17.2 Å². The Morgan fingerprint density at radius 3 is 2.45 bits per heavy atom. The molecule has 1 atom stereocenters. The van der Waals surface area contributed by atoms with Gasteiger partial charge in [-0.15, -0.1) is 0 Å². The number of hydrogen-bond acceptors (Lipinski definition) is 4. The minimum Gasteiger partial charge on any atom is -0.480 e. The van der Waals surface area contributed by atoms with Gasteiger partial charge in [0.05, 0.1) is 15.5 Å². The smallest absolute Gasteiger partial charge is 0.322 e. The van der Waals surface area contributed by atoms with Crippen LogP contribution in [0.25, 0.3) is 0 Å². The van der Waals surface area contributed by atoms with Crippen molar-refractivity contribution in [2.45, 2.75) is 24.8 Å². The van der Waals surface area contributed by atoms with Crippen LogP contribution in [-0.2, 0) is 14.8 Å². The predicted molar refractivity (Wildman–Crippen MR) is 72.8 cm³/mol. The Bertz CT molecular complexity index is 665. The quantitative estimate of drug-likeness (QED) is 0.858. The van der Waals surface area contributed by atoms with Crippen LogP contribution in [0.2, 0.25) is 5.02 Å². The van der Waals surface area contributed by atoms with Gasteiger partial charge in [0.25, 0.3) is 0 Å². The van der Waals surface area contributed by atoms with Gasteiger partial charge in [0.1, 0.15) is 12.1 Å². The number of halogens is 1. The van der Waals surface area contributed by atoms with Crippen molar-refractivity contribution in [2.24, 2.45) is 5.92 Å². The van der Waals surface area contributed by atoms with Crippen molar-refractivity contribution in [2.75, 3.05) is 0 Å². The molecular weight excluding hydrogens is 304 g/mol. The Morgan fingerprint density at radius 1 is 1.45 bits per heavy atom. The van der Waals surface area contributed by atoms with Gasteiger partial charge in [-0.2, -0.15) is 9.98 Å². The van der Waals surface area contributed by atoms with Gasteiger partial charge >= 0.3 is 5.97 Å². The number of nitrogens with zero attached hydrogens (tertiary/aromatic N) is 1. The second kappa shape index (κ2) is 6.22. The number of rotatable bonds is 5. The van der Waals surface area contributed by atoms with Gasteiger partial charge in [0.15, 0.2) is 0 Å². The third-order valence-corrected chi connectivity index (χ3v) is 4.34. The van der Waals surface area contributed by atoms with Gasteiger partial charge in [-0.1, -0.05) is 25.4 Å². The zero-order valence-electron chi connectivity index (χ0n) is 10.8. The Hall–Kier alpha value is -1.62. The fraction of sp³-hybridized carbons (Fsp3) is 0.333. The minimum atomic E-state index is -4.02. The summed E-state index contributed by atoms with van der Waals surface area (Å²) in [5.74, 6) is -1.68. The van der Waals surface area contributed by atoms with Crippen LogP contribution in [0.5, 0.6) is 0 Å². The van der Waals surface area contributed by atoms with E-state index in [2.05, 4.69) is 4.72 Å². The second-order valence-corrected chi connectivity index (χ2v) is 6.56. The van der Waals surface area contributed by atoms with E-state index in [4.69, 9.17) is 22.0 Å². The monoisotopic (exact) mass is 316 g/mol. The molecule has 0 heterocycles. The molecule has 0 fully saturated rings. The molecule has 0 unspecified atom stereocenters. The van der Waals surface area contributed by atoms with Crippen molar-refractivity contribution < 1.29 is 18.3 Å². The minimum absolute atomic E-state index is 0.00760. The van der Waals surface area contributed by atoms with Gasteiger partial charge < -0.3 is 5.11 Å². The summed E-state index contributed by atoms with van der Waals surface area (Å²) in [6.45, 7) is 3.18. The van der Waals surface area contributed by atoms with Crippen LogP contribution in [-0.4, -0.2) is 25.5 Å². The molecule has 108 valence electrons. The molecule has 0 aliphatic carbocycles. The van der Waals surface area contributed by atoms with E-state index in [9.17, 15) is 13.2 Å². The highest BCUT2D eigenvalue weighted by molar-refractivity contribution is 7.89. The lowest BCUT2D eigenvalue weighted by atomic mass is 10.1. The number of benzene rings is 1. The molecule has 0 aliphatic heterocycles. The van der Waals surface area contributed by atoms with E-state index in [1.165, 1.54) is 12.1 Å². The standard InChI is InChI=1S/C12H13ClN2O4S/c1-7(2)11(12(16)17)15-20(18,19)9-4-3-8(6-14)10(13)5-9/h3-5,7,11,15H,1-2H3,(H,16,17)/t11-/m1/s1. The average Bonchev–Trinajstić information content (AvgIpc) is 2.35. The molecule has 1 aromatic carbocycles. The lowest BCUT2D eigenvalue weighted by molar-refractivity contribution is -0.140. The number of carboxylic acid groups (broad SMARTS) is 1. The Morgan fingerprint density at radius 2 is 2.05 bits per heavy atom. The van der Waals surface area contributed by atoms with Crippen molar-refractivity contribution in [3.63, 3.8) is 0 Å². The molecule has 0 radical (unpaired) electrons. The first-order valence-corrected chi connectivity index (χ1v) is 7.50. The van der Waals surface area contributed by atoms with Crippen LogP contribution in [0.3, 0.4) is 0 Å². The summed E-state index contributed by atoms with van der Waals surface area (Å²) < 4.78 is 26.3. The molecule has 0 aliphatic rings. The van der Waals surface area contributed by atoms with Gasteiger partial charge in [-0.3, -0.25) is 4.79 Å². The molecular formula is C12H13ClN2O4S. The Labute approximate surface area is 122 Å². The van der Waals surface area contributed by atoms with Crippen LogP contribution in [0.15, 0.2) is 23.1 Å². The van der Waals surface area contributed by atoms with Crippen molar-refractivity contribution >= 4 is 27.6 Å². The number of hydrogen-bond donors (Lipinski definition) is 2. The summed E-state index contributed by atoms with van der Waals surface area (Å²) in [7, 11) is -4.02. The summed E-state index contributed by atoms with van der Waals surface area (Å²) in [6, 6.07) is 4.15. The molecule has 1 aromatic rings. The molecule has 6 nitrogen and oxygen atoms in total. The van der Waals surface area contributed by atoms with E-state index in [0.29, 0.717) is 0 Å². The number of aliphatic carboxylic acids is 1. The first-order valence-electron chi connectivity index (χ1n) is 5.64. The SMILES string of the molecule is CC(C)[C@@H](NS(=O)(=O)c1ccc(C#N)c(Cl)c1)C(=O)O.